The van der Waals surface area contributed by atoms with E-state index in [0.29, 0.717) is 29.9 Å². The molecule has 34 heavy (non-hydrogen) atoms. The zero-order valence-electron chi connectivity index (χ0n) is 18.8. The SMILES string of the molecule is CCOc1ccccc1OC1CCN(C(=O)Cn2cnc3scc(-c4cccs4)c3c2=O)CC1. The minimum atomic E-state index is -0.172. The number of carbonyl (C=O) groups is 1. The first kappa shape index (κ1) is 22.6. The van der Waals surface area contributed by atoms with Crippen molar-refractivity contribution in [3.8, 4) is 21.9 Å². The number of thiophene rings is 2. The number of nitrogens with zero attached hydrogens (tertiary/aromatic N) is 3. The van der Waals surface area contributed by atoms with E-state index in [0.717, 1.165) is 34.8 Å². The van der Waals surface area contributed by atoms with Crippen LogP contribution < -0.4 is 15.0 Å². The van der Waals surface area contributed by atoms with Crippen molar-refractivity contribution >= 4 is 38.8 Å². The van der Waals surface area contributed by atoms with E-state index < -0.39 is 0 Å². The molecule has 1 amide bonds. The maximum Gasteiger partial charge on any atom is 0.263 e. The molecule has 0 atom stereocenters. The van der Waals surface area contributed by atoms with Gasteiger partial charge in [-0.05, 0) is 30.5 Å². The number of likely N-dealkylation sites (tertiary alicyclic amines) is 1. The lowest BCUT2D eigenvalue weighted by Gasteiger charge is -2.32. The Bertz CT molecular complexity index is 1340. The number of hydrogen-bond acceptors (Lipinski definition) is 7. The van der Waals surface area contributed by atoms with Crippen LogP contribution in [0.25, 0.3) is 20.7 Å². The first-order valence-electron chi connectivity index (χ1n) is 11.3. The Kier molecular flexibility index (Phi) is 6.64. The van der Waals surface area contributed by atoms with Gasteiger partial charge in [0.25, 0.3) is 5.56 Å². The zero-order valence-corrected chi connectivity index (χ0v) is 20.4. The van der Waals surface area contributed by atoms with Crippen LogP contribution in [0.15, 0.2) is 58.3 Å². The van der Waals surface area contributed by atoms with E-state index in [1.807, 2.05) is 54.1 Å². The van der Waals surface area contributed by atoms with E-state index in [1.165, 1.54) is 22.2 Å². The Morgan fingerprint density at radius 3 is 2.65 bits per heavy atom. The normalized spacial score (nSPS) is 14.4. The molecule has 7 nitrogen and oxygen atoms in total. The lowest BCUT2D eigenvalue weighted by Crippen LogP contribution is -2.44. The Balaban J connectivity index is 1.24. The number of fused-ring (bicyclic) bond motifs is 1. The average molecular weight is 496 g/mol. The van der Waals surface area contributed by atoms with Crippen molar-refractivity contribution < 1.29 is 14.3 Å². The van der Waals surface area contributed by atoms with Crippen LogP contribution in [0.2, 0.25) is 0 Å². The van der Waals surface area contributed by atoms with Gasteiger partial charge in [-0.15, -0.1) is 22.7 Å². The summed E-state index contributed by atoms with van der Waals surface area (Å²) in [5.74, 6) is 1.39. The molecule has 0 aliphatic carbocycles. The van der Waals surface area contributed by atoms with E-state index in [9.17, 15) is 9.59 Å². The molecule has 3 aromatic heterocycles. The van der Waals surface area contributed by atoms with Gasteiger partial charge in [-0.1, -0.05) is 18.2 Å². The third-order valence-corrected chi connectivity index (χ3v) is 7.68. The van der Waals surface area contributed by atoms with E-state index >= 15 is 0 Å². The van der Waals surface area contributed by atoms with Crippen molar-refractivity contribution in [1.82, 2.24) is 14.5 Å². The highest BCUT2D eigenvalue weighted by Crippen LogP contribution is 2.33. The fourth-order valence-electron chi connectivity index (χ4n) is 4.16. The summed E-state index contributed by atoms with van der Waals surface area (Å²) in [5, 5.41) is 4.54. The van der Waals surface area contributed by atoms with Gasteiger partial charge in [0.2, 0.25) is 5.91 Å². The smallest absolute Gasteiger partial charge is 0.263 e. The van der Waals surface area contributed by atoms with Crippen LogP contribution in [0.5, 0.6) is 11.5 Å². The number of para-hydroxylation sites is 2. The van der Waals surface area contributed by atoms with E-state index in [1.54, 1.807) is 16.2 Å². The lowest BCUT2D eigenvalue weighted by atomic mass is 10.1. The minimum absolute atomic E-state index is 0.0137. The molecule has 1 aliphatic rings. The van der Waals surface area contributed by atoms with Crippen LogP contribution in [-0.2, 0) is 11.3 Å². The monoisotopic (exact) mass is 495 g/mol. The van der Waals surface area contributed by atoms with Crippen LogP contribution in [0.3, 0.4) is 0 Å². The van der Waals surface area contributed by atoms with E-state index in [-0.39, 0.29) is 24.1 Å². The van der Waals surface area contributed by atoms with Crippen LogP contribution in [-0.4, -0.2) is 46.2 Å². The van der Waals surface area contributed by atoms with Crippen molar-refractivity contribution in [3.05, 3.63) is 63.8 Å². The van der Waals surface area contributed by atoms with Gasteiger partial charge in [0.1, 0.15) is 17.5 Å². The average Bonchev–Trinajstić information content (AvgIpc) is 3.53. The summed E-state index contributed by atoms with van der Waals surface area (Å²) >= 11 is 3.04. The van der Waals surface area contributed by atoms with Gasteiger partial charge in [-0.25, -0.2) is 4.98 Å². The summed E-state index contributed by atoms with van der Waals surface area (Å²) in [7, 11) is 0. The second-order valence-electron chi connectivity index (χ2n) is 8.06. The molecule has 1 aliphatic heterocycles. The third-order valence-electron chi connectivity index (χ3n) is 5.89. The highest BCUT2D eigenvalue weighted by molar-refractivity contribution is 7.18. The molecule has 9 heteroatoms. The predicted molar refractivity (Wildman–Crippen MR) is 135 cm³/mol. The number of piperidine rings is 1. The lowest BCUT2D eigenvalue weighted by molar-refractivity contribution is -0.133. The highest BCUT2D eigenvalue weighted by Gasteiger charge is 2.25. The maximum atomic E-state index is 13.2. The molecular formula is C25H25N3O4S2. The Morgan fingerprint density at radius 1 is 1.12 bits per heavy atom. The van der Waals surface area contributed by atoms with Crippen molar-refractivity contribution in [2.24, 2.45) is 0 Å². The molecule has 1 fully saturated rings. The molecular weight excluding hydrogens is 470 g/mol. The molecule has 0 unspecified atom stereocenters. The summed E-state index contributed by atoms with van der Waals surface area (Å²) in [6, 6.07) is 11.6. The Morgan fingerprint density at radius 2 is 1.91 bits per heavy atom. The summed E-state index contributed by atoms with van der Waals surface area (Å²) in [4.78, 5) is 34.2. The molecule has 4 aromatic rings. The van der Waals surface area contributed by atoms with Gasteiger partial charge in [0.05, 0.1) is 18.3 Å². The molecule has 1 aromatic carbocycles. The number of ether oxygens (including phenoxy) is 2. The third kappa shape index (κ3) is 4.58. The van der Waals surface area contributed by atoms with E-state index in [2.05, 4.69) is 4.98 Å². The fraction of sp³-hybridized carbons (Fsp3) is 0.320. The maximum absolute atomic E-state index is 13.2. The van der Waals surface area contributed by atoms with Crippen molar-refractivity contribution in [1.29, 1.82) is 0 Å². The molecule has 0 N–H and O–H groups in total. The molecule has 5 rings (SSSR count). The number of amides is 1. The van der Waals surface area contributed by atoms with E-state index in [4.69, 9.17) is 9.47 Å². The first-order valence-corrected chi connectivity index (χ1v) is 13.1. The summed E-state index contributed by atoms with van der Waals surface area (Å²) in [5.41, 5.74) is 0.716. The van der Waals surface area contributed by atoms with Crippen molar-refractivity contribution in [2.45, 2.75) is 32.4 Å². The number of aromatic nitrogens is 2. The highest BCUT2D eigenvalue weighted by atomic mass is 32.1. The van der Waals surface area contributed by atoms with Crippen LogP contribution in [0.4, 0.5) is 0 Å². The Hall–Kier alpha value is -3.17. The van der Waals surface area contributed by atoms with Gasteiger partial charge in [-0.2, -0.15) is 0 Å². The minimum Gasteiger partial charge on any atom is -0.490 e. The summed E-state index contributed by atoms with van der Waals surface area (Å²) in [6.07, 6.45) is 2.96. The fourth-order valence-corrected chi connectivity index (χ4v) is 5.88. The largest absolute Gasteiger partial charge is 0.490 e. The first-order chi connectivity index (χ1) is 16.6. The van der Waals surface area contributed by atoms with Crippen LogP contribution in [0.1, 0.15) is 19.8 Å². The van der Waals surface area contributed by atoms with Crippen molar-refractivity contribution in [3.63, 3.8) is 0 Å². The molecule has 4 heterocycles. The van der Waals surface area contributed by atoms with Crippen LogP contribution >= 0.6 is 22.7 Å². The standard InChI is InChI=1S/C25H25N3O4S2/c1-2-31-19-6-3-4-7-20(19)32-17-9-11-27(12-10-17)22(29)14-28-16-26-24-23(25(28)30)18(15-34-24)21-8-5-13-33-21/h3-8,13,15-17H,2,9-12,14H2,1H3. The molecule has 0 saturated carbocycles. The molecule has 176 valence electrons. The molecule has 0 radical (unpaired) electrons. The molecule has 1 saturated heterocycles. The number of rotatable bonds is 7. The van der Waals surface area contributed by atoms with Crippen LogP contribution in [0, 0.1) is 0 Å². The van der Waals surface area contributed by atoms with Gasteiger partial charge in [-0.3, -0.25) is 14.2 Å². The van der Waals surface area contributed by atoms with Gasteiger partial charge in [0, 0.05) is 41.8 Å². The molecule has 0 bridgehead atoms. The Labute approximate surface area is 205 Å². The number of hydrogen-bond donors (Lipinski definition) is 0. The van der Waals surface area contributed by atoms with Crippen molar-refractivity contribution in [2.75, 3.05) is 19.7 Å². The van der Waals surface area contributed by atoms with Gasteiger partial charge in [0.15, 0.2) is 11.5 Å². The second kappa shape index (κ2) is 9.99. The topological polar surface area (TPSA) is 73.7 Å². The quantitative estimate of drug-likeness (QED) is 0.373. The van der Waals surface area contributed by atoms with Gasteiger partial charge >= 0.3 is 0 Å². The number of carbonyl (C=O) groups excluding carboxylic acids is 1. The predicted octanol–water partition coefficient (Wildman–Crippen LogP) is 4.66. The summed E-state index contributed by atoms with van der Waals surface area (Å²) < 4.78 is 13.2. The summed E-state index contributed by atoms with van der Waals surface area (Å²) in [6.45, 7) is 3.68. The second-order valence-corrected chi connectivity index (χ2v) is 9.87. The van der Waals surface area contributed by atoms with Gasteiger partial charge < -0.3 is 14.4 Å². The molecule has 0 spiro atoms. The number of benzene rings is 1. The zero-order chi connectivity index (χ0) is 23.5.